The van der Waals surface area contributed by atoms with E-state index in [9.17, 15) is 13.2 Å². The highest BCUT2D eigenvalue weighted by atomic mass is 32.2. The molecule has 0 unspecified atom stereocenters. The van der Waals surface area contributed by atoms with Gasteiger partial charge in [-0.25, -0.2) is 17.5 Å². The zero-order valence-corrected chi connectivity index (χ0v) is 10.4. The second-order valence-corrected chi connectivity index (χ2v) is 5.67. The van der Waals surface area contributed by atoms with E-state index in [0.717, 1.165) is 5.56 Å². The Kier molecular flexibility index (Phi) is 4.51. The second kappa shape index (κ2) is 5.67. The number of hydrogen-bond donors (Lipinski definition) is 1. The summed E-state index contributed by atoms with van der Waals surface area (Å²) in [6.07, 6.45) is -1.05. The van der Waals surface area contributed by atoms with E-state index in [-0.39, 0.29) is 12.3 Å². The molecule has 0 spiro atoms. The lowest BCUT2D eigenvalue weighted by atomic mass is 10.1. The zero-order valence-electron chi connectivity index (χ0n) is 9.54. The lowest BCUT2D eigenvalue weighted by Gasteiger charge is -2.18. The molecule has 0 saturated heterocycles. The average molecular weight is 257 g/mol. The van der Waals surface area contributed by atoms with E-state index in [2.05, 4.69) is 0 Å². The van der Waals surface area contributed by atoms with Gasteiger partial charge in [0.15, 0.2) is 0 Å². The van der Waals surface area contributed by atoms with Crippen molar-refractivity contribution in [2.24, 2.45) is 0 Å². The molecule has 0 aliphatic heterocycles. The Balaban J connectivity index is 2.74. The molecule has 0 aromatic heterocycles. The number of rotatable bonds is 5. The fraction of sp³-hybridized carbons (Fsp3) is 0.364. The van der Waals surface area contributed by atoms with E-state index in [4.69, 9.17) is 5.11 Å². The predicted octanol–water partition coefficient (Wildman–Crippen LogP) is 1.56. The molecule has 0 fully saturated rings. The normalized spacial score (nSPS) is 11.1. The number of amides is 1. The minimum atomic E-state index is -3.70. The summed E-state index contributed by atoms with van der Waals surface area (Å²) in [5.41, 5.74) is 0.907. The van der Waals surface area contributed by atoms with Gasteiger partial charge in [-0.2, -0.15) is 0 Å². The molecule has 6 heteroatoms. The second-order valence-electron chi connectivity index (χ2n) is 3.49. The van der Waals surface area contributed by atoms with E-state index in [1.807, 2.05) is 30.3 Å². The van der Waals surface area contributed by atoms with E-state index in [0.29, 0.717) is 10.7 Å². The molecule has 0 aliphatic rings. The van der Waals surface area contributed by atoms with Crippen LogP contribution >= 0.6 is 0 Å². The molecule has 5 nitrogen and oxygen atoms in total. The van der Waals surface area contributed by atoms with Crippen molar-refractivity contribution in [1.82, 2.24) is 4.31 Å². The van der Waals surface area contributed by atoms with Crippen LogP contribution in [0.5, 0.6) is 0 Å². The van der Waals surface area contributed by atoms with Gasteiger partial charge in [0.1, 0.15) is 0 Å². The van der Waals surface area contributed by atoms with E-state index in [1.54, 1.807) is 0 Å². The smallest absolute Gasteiger partial charge is 0.421 e. The Morgan fingerprint density at radius 3 is 2.35 bits per heavy atom. The summed E-state index contributed by atoms with van der Waals surface area (Å²) in [6.45, 7) is 1.38. The third-order valence-electron chi connectivity index (χ3n) is 2.36. The highest BCUT2D eigenvalue weighted by molar-refractivity contribution is 7.89. The average Bonchev–Trinajstić information content (AvgIpc) is 2.30. The SMILES string of the molecule is CCS(=O)(=O)N(CCc1ccccc1)C(=O)O. The molecule has 0 radical (unpaired) electrons. The van der Waals surface area contributed by atoms with Gasteiger partial charge in [-0.15, -0.1) is 0 Å². The van der Waals surface area contributed by atoms with Gasteiger partial charge < -0.3 is 5.11 Å². The first-order valence-electron chi connectivity index (χ1n) is 5.24. The molecule has 1 aromatic rings. The van der Waals surface area contributed by atoms with Crippen LogP contribution in [-0.4, -0.2) is 36.2 Å². The Hall–Kier alpha value is -1.56. The van der Waals surface area contributed by atoms with Crippen LogP contribution in [0, 0.1) is 0 Å². The molecule has 0 aliphatic carbocycles. The number of sulfonamides is 1. The fourth-order valence-electron chi connectivity index (χ4n) is 1.38. The predicted molar refractivity (Wildman–Crippen MR) is 64.3 cm³/mol. The van der Waals surface area contributed by atoms with Crippen LogP contribution in [0.3, 0.4) is 0 Å². The van der Waals surface area contributed by atoms with Crippen LogP contribution in [0.25, 0.3) is 0 Å². The van der Waals surface area contributed by atoms with Gasteiger partial charge in [0, 0.05) is 6.54 Å². The van der Waals surface area contributed by atoms with E-state index < -0.39 is 16.1 Å². The number of nitrogens with zero attached hydrogens (tertiary/aromatic N) is 1. The van der Waals surface area contributed by atoms with Gasteiger partial charge in [-0.05, 0) is 18.9 Å². The molecule has 0 bridgehead atoms. The topological polar surface area (TPSA) is 74.7 Å². The van der Waals surface area contributed by atoms with Crippen molar-refractivity contribution >= 4 is 16.1 Å². The number of hydrogen-bond acceptors (Lipinski definition) is 3. The Morgan fingerprint density at radius 2 is 1.88 bits per heavy atom. The maximum atomic E-state index is 11.5. The highest BCUT2D eigenvalue weighted by Gasteiger charge is 2.24. The molecule has 1 amide bonds. The third kappa shape index (κ3) is 3.74. The molecular weight excluding hydrogens is 242 g/mol. The summed E-state index contributed by atoms with van der Waals surface area (Å²) in [5.74, 6) is -0.214. The molecule has 17 heavy (non-hydrogen) atoms. The molecule has 0 heterocycles. The van der Waals surface area contributed by atoms with Crippen LogP contribution in [-0.2, 0) is 16.4 Å². The van der Waals surface area contributed by atoms with Crippen molar-refractivity contribution in [3.05, 3.63) is 35.9 Å². The van der Waals surface area contributed by atoms with Crippen molar-refractivity contribution in [3.8, 4) is 0 Å². The lowest BCUT2D eigenvalue weighted by Crippen LogP contribution is -2.38. The van der Waals surface area contributed by atoms with Crippen molar-refractivity contribution in [2.75, 3.05) is 12.3 Å². The van der Waals surface area contributed by atoms with Crippen molar-refractivity contribution in [1.29, 1.82) is 0 Å². The van der Waals surface area contributed by atoms with Crippen LogP contribution in [0.15, 0.2) is 30.3 Å². The summed E-state index contributed by atoms with van der Waals surface area (Å²) >= 11 is 0. The first-order valence-corrected chi connectivity index (χ1v) is 6.85. The minimum absolute atomic E-state index is 0.0461. The maximum absolute atomic E-state index is 11.5. The summed E-state index contributed by atoms with van der Waals surface area (Å²) in [4.78, 5) is 10.9. The van der Waals surface area contributed by atoms with Crippen LogP contribution in [0.1, 0.15) is 12.5 Å². The van der Waals surface area contributed by atoms with Gasteiger partial charge in [0.05, 0.1) is 5.75 Å². The Bertz CT molecular complexity index is 470. The number of carboxylic acid groups (broad SMARTS) is 1. The van der Waals surface area contributed by atoms with Gasteiger partial charge >= 0.3 is 6.09 Å². The third-order valence-corrected chi connectivity index (χ3v) is 4.10. The largest absolute Gasteiger partial charge is 0.464 e. The first-order chi connectivity index (χ1) is 7.97. The Labute approximate surface area is 101 Å². The van der Waals surface area contributed by atoms with Gasteiger partial charge in [0.25, 0.3) is 0 Å². The molecular formula is C11H15NO4S. The van der Waals surface area contributed by atoms with Crippen LogP contribution in [0.4, 0.5) is 4.79 Å². The molecule has 0 saturated carbocycles. The maximum Gasteiger partial charge on any atom is 0.421 e. The quantitative estimate of drug-likeness (QED) is 0.868. The molecule has 1 rings (SSSR count). The minimum Gasteiger partial charge on any atom is -0.464 e. The molecule has 0 atom stereocenters. The molecule has 1 N–H and O–H groups in total. The van der Waals surface area contributed by atoms with Crippen molar-refractivity contribution in [2.45, 2.75) is 13.3 Å². The standard InChI is InChI=1S/C11H15NO4S/c1-2-17(15,16)12(11(13)14)9-8-10-6-4-3-5-7-10/h3-7H,2,8-9H2,1H3,(H,13,14). The van der Waals surface area contributed by atoms with Gasteiger partial charge in [-0.1, -0.05) is 30.3 Å². The van der Waals surface area contributed by atoms with Crippen molar-refractivity contribution in [3.63, 3.8) is 0 Å². The van der Waals surface area contributed by atoms with E-state index in [1.165, 1.54) is 6.92 Å². The summed E-state index contributed by atoms with van der Waals surface area (Å²) in [6, 6.07) is 9.17. The van der Waals surface area contributed by atoms with Gasteiger partial charge in [-0.3, -0.25) is 0 Å². The Morgan fingerprint density at radius 1 is 1.29 bits per heavy atom. The van der Waals surface area contributed by atoms with E-state index >= 15 is 0 Å². The van der Waals surface area contributed by atoms with Crippen molar-refractivity contribution < 1.29 is 18.3 Å². The number of carbonyl (C=O) groups is 1. The fourth-order valence-corrected chi connectivity index (χ4v) is 2.30. The molecule has 94 valence electrons. The van der Waals surface area contributed by atoms with Crippen LogP contribution < -0.4 is 0 Å². The summed E-state index contributed by atoms with van der Waals surface area (Å²) in [5, 5.41) is 8.86. The summed E-state index contributed by atoms with van der Waals surface area (Å²) in [7, 11) is -3.70. The number of benzene rings is 1. The summed E-state index contributed by atoms with van der Waals surface area (Å²) < 4.78 is 23.5. The van der Waals surface area contributed by atoms with Crippen LogP contribution in [0.2, 0.25) is 0 Å². The first kappa shape index (κ1) is 13.5. The lowest BCUT2D eigenvalue weighted by molar-refractivity contribution is 0.172. The highest BCUT2D eigenvalue weighted by Crippen LogP contribution is 2.06. The van der Waals surface area contributed by atoms with Gasteiger partial charge in [0.2, 0.25) is 10.0 Å². The monoisotopic (exact) mass is 257 g/mol. The molecule has 1 aromatic carbocycles. The zero-order chi connectivity index (χ0) is 12.9.